The van der Waals surface area contributed by atoms with E-state index in [1.165, 1.54) is 16.3 Å². The number of piperazine rings is 1. The number of carbonyl (C=O) groups excluding carboxylic acids is 1. The molecule has 8 nitrogen and oxygen atoms in total. The van der Waals surface area contributed by atoms with E-state index in [9.17, 15) is 22.8 Å². The van der Waals surface area contributed by atoms with Crippen LogP contribution in [0.1, 0.15) is 51.8 Å². The fourth-order valence-corrected chi connectivity index (χ4v) is 7.19. The van der Waals surface area contributed by atoms with Crippen molar-refractivity contribution < 1.29 is 22.7 Å². The zero-order valence-electron chi connectivity index (χ0n) is 23.3. The molecule has 1 amide bonds. The van der Waals surface area contributed by atoms with Gasteiger partial charge >= 0.3 is 18.0 Å². The number of nitrogens with zero attached hydrogens (tertiary/aromatic N) is 5. The van der Waals surface area contributed by atoms with Gasteiger partial charge in [-0.3, -0.25) is 14.5 Å². The molecule has 0 N–H and O–H groups in total. The average molecular weight is 610 g/mol. The van der Waals surface area contributed by atoms with Crippen LogP contribution in [0, 0.1) is 0 Å². The smallest absolute Gasteiger partial charge is 0.417 e. The molecule has 3 aromatic rings. The van der Waals surface area contributed by atoms with Gasteiger partial charge in [0.2, 0.25) is 0 Å². The molecule has 1 saturated heterocycles. The summed E-state index contributed by atoms with van der Waals surface area (Å²) in [7, 11) is 0. The summed E-state index contributed by atoms with van der Waals surface area (Å²) in [4.78, 5) is 38.9. The van der Waals surface area contributed by atoms with Crippen LogP contribution in [0.5, 0.6) is 0 Å². The third kappa shape index (κ3) is 5.73. The van der Waals surface area contributed by atoms with E-state index in [1.54, 1.807) is 42.8 Å². The van der Waals surface area contributed by atoms with Crippen molar-refractivity contribution >= 4 is 46.2 Å². The second-order valence-electron chi connectivity index (χ2n) is 11.5. The fraction of sp³-hybridized carbons (Fsp3) is 0.500. The number of benzene rings is 1. The number of carbonyl (C=O) groups is 1. The van der Waals surface area contributed by atoms with Gasteiger partial charge in [-0.15, -0.1) is 11.8 Å². The second-order valence-corrected chi connectivity index (χ2v) is 13.0. The Labute approximate surface area is 244 Å². The summed E-state index contributed by atoms with van der Waals surface area (Å²) in [5.41, 5.74) is -1.19. The van der Waals surface area contributed by atoms with E-state index in [4.69, 9.17) is 16.3 Å². The number of halogens is 4. The van der Waals surface area contributed by atoms with Crippen LogP contribution >= 0.6 is 23.4 Å². The Kier molecular flexibility index (Phi) is 7.69. The minimum atomic E-state index is -4.72. The van der Waals surface area contributed by atoms with Crippen molar-refractivity contribution in [3.05, 3.63) is 57.2 Å². The number of anilines is 1. The second kappa shape index (κ2) is 10.7. The molecule has 41 heavy (non-hydrogen) atoms. The molecular weight excluding hydrogens is 579 g/mol. The number of aromatic nitrogens is 3. The van der Waals surface area contributed by atoms with Crippen molar-refractivity contribution in [2.45, 2.75) is 75.8 Å². The van der Waals surface area contributed by atoms with Crippen molar-refractivity contribution in [3.63, 3.8) is 0 Å². The Bertz CT molecular complexity index is 1530. The van der Waals surface area contributed by atoms with Gasteiger partial charge in [-0.2, -0.15) is 18.2 Å². The first-order chi connectivity index (χ1) is 19.2. The number of pyridine rings is 1. The molecule has 1 fully saturated rings. The number of ether oxygens (including phenoxy) is 1. The quantitative estimate of drug-likeness (QED) is 0.343. The molecule has 0 radical (unpaired) electrons. The highest BCUT2D eigenvalue weighted by Crippen LogP contribution is 2.47. The highest BCUT2D eigenvalue weighted by Gasteiger charge is 2.40. The third-order valence-electron chi connectivity index (χ3n) is 7.20. The molecule has 0 bridgehead atoms. The molecule has 13 heteroatoms. The maximum absolute atomic E-state index is 14.2. The van der Waals surface area contributed by atoms with Crippen LogP contribution in [0.25, 0.3) is 10.9 Å². The molecule has 2 aromatic heterocycles. The molecule has 220 valence electrons. The lowest BCUT2D eigenvalue weighted by molar-refractivity contribution is -0.137. The molecule has 2 aliphatic heterocycles. The van der Waals surface area contributed by atoms with Gasteiger partial charge in [0.05, 0.1) is 33.1 Å². The fourth-order valence-electron chi connectivity index (χ4n) is 5.54. The number of hydrogen-bond acceptors (Lipinski definition) is 7. The Morgan fingerprint density at radius 1 is 1.12 bits per heavy atom. The van der Waals surface area contributed by atoms with E-state index in [1.807, 2.05) is 26.0 Å². The van der Waals surface area contributed by atoms with Crippen LogP contribution < -0.4 is 10.6 Å². The van der Waals surface area contributed by atoms with E-state index >= 15 is 0 Å². The van der Waals surface area contributed by atoms with Crippen molar-refractivity contribution in [1.29, 1.82) is 0 Å². The highest BCUT2D eigenvalue weighted by atomic mass is 35.5. The first kappa shape index (κ1) is 29.5. The standard InChI is InChI=1S/C28H31ClF3N5O3S/c1-15-11-35(12-16(2)37(15)26(39)40-27(3,4)5)24-18-10-19(28(30,31)32)21(29)23-22(18)36(25(38)34-24)13-17(14-41-23)20-8-6-7-9-33-20/h6-10,15-17H,11-14H2,1-5H3/t15-,16+,17-/m0/s1. The normalized spacial score (nSPS) is 21.6. The van der Waals surface area contributed by atoms with E-state index in [0.29, 0.717) is 11.3 Å². The summed E-state index contributed by atoms with van der Waals surface area (Å²) in [5.74, 6) is 0.278. The Hall–Kier alpha value is -2.99. The molecule has 3 atom stereocenters. The molecule has 1 aromatic carbocycles. The maximum atomic E-state index is 14.2. The molecule has 0 saturated carbocycles. The van der Waals surface area contributed by atoms with Crippen LogP contribution in [0.15, 0.2) is 40.2 Å². The van der Waals surface area contributed by atoms with Crippen molar-refractivity contribution in [2.75, 3.05) is 23.7 Å². The lowest BCUT2D eigenvalue weighted by Gasteiger charge is -2.45. The van der Waals surface area contributed by atoms with Crippen LogP contribution in [0.3, 0.4) is 0 Å². The van der Waals surface area contributed by atoms with Crippen LogP contribution in [0.2, 0.25) is 5.02 Å². The Morgan fingerprint density at radius 2 is 1.80 bits per heavy atom. The van der Waals surface area contributed by atoms with Gasteiger partial charge in [-0.25, -0.2) is 9.59 Å². The van der Waals surface area contributed by atoms with Gasteiger partial charge in [-0.1, -0.05) is 17.7 Å². The highest BCUT2D eigenvalue weighted by molar-refractivity contribution is 7.99. The SMILES string of the molecule is C[C@@H]1CN(c2nc(=O)n3c4c(c(Cl)c(C(F)(F)F)cc24)SC[C@@H](c2ccccn2)C3)C[C@H](C)N1C(=O)OC(C)(C)C. The zero-order chi connectivity index (χ0) is 29.9. The average Bonchev–Trinajstić information content (AvgIpc) is 3.07. The van der Waals surface area contributed by atoms with Crippen LogP contribution in [0.4, 0.5) is 23.8 Å². The minimum Gasteiger partial charge on any atom is -0.444 e. The predicted molar refractivity (Wildman–Crippen MR) is 153 cm³/mol. The van der Waals surface area contributed by atoms with Crippen molar-refractivity contribution in [3.8, 4) is 0 Å². The lowest BCUT2D eigenvalue weighted by atomic mass is 10.0. The number of thioether (sulfide) groups is 1. The first-order valence-electron chi connectivity index (χ1n) is 13.3. The third-order valence-corrected chi connectivity index (χ3v) is 8.96. The molecule has 2 aliphatic rings. The lowest BCUT2D eigenvalue weighted by Crippen LogP contribution is -2.59. The van der Waals surface area contributed by atoms with Gasteiger partial charge in [0.15, 0.2) is 0 Å². The van der Waals surface area contributed by atoms with E-state index in [-0.39, 0.29) is 53.7 Å². The van der Waals surface area contributed by atoms with Gasteiger partial charge in [0.25, 0.3) is 0 Å². The molecule has 0 aliphatic carbocycles. The summed E-state index contributed by atoms with van der Waals surface area (Å²) in [6, 6.07) is 5.72. The van der Waals surface area contributed by atoms with Crippen molar-refractivity contribution in [2.24, 2.45) is 0 Å². The zero-order valence-corrected chi connectivity index (χ0v) is 24.9. The van der Waals surface area contributed by atoms with Crippen molar-refractivity contribution in [1.82, 2.24) is 19.4 Å². The minimum absolute atomic E-state index is 0.143. The number of amides is 1. The predicted octanol–water partition coefficient (Wildman–Crippen LogP) is 6.19. The molecule has 5 rings (SSSR count). The summed E-state index contributed by atoms with van der Waals surface area (Å²) in [6.45, 7) is 9.71. The first-order valence-corrected chi connectivity index (χ1v) is 14.7. The van der Waals surface area contributed by atoms with Crippen LogP contribution in [-0.4, -0.2) is 62.1 Å². The maximum Gasteiger partial charge on any atom is 0.417 e. The summed E-state index contributed by atoms with van der Waals surface area (Å²) in [6.07, 6.45) is -3.55. The largest absolute Gasteiger partial charge is 0.444 e. The summed E-state index contributed by atoms with van der Waals surface area (Å²) in [5, 5.41) is -0.242. The molecule has 4 heterocycles. The van der Waals surface area contributed by atoms with Gasteiger partial charge in [0, 0.05) is 48.6 Å². The van der Waals surface area contributed by atoms with Gasteiger partial charge in [0.1, 0.15) is 11.4 Å². The monoisotopic (exact) mass is 609 g/mol. The van der Waals surface area contributed by atoms with Gasteiger partial charge in [-0.05, 0) is 52.8 Å². The van der Waals surface area contributed by atoms with E-state index in [0.717, 1.165) is 11.8 Å². The summed E-state index contributed by atoms with van der Waals surface area (Å²) < 4.78 is 49.7. The molecule has 0 spiro atoms. The van der Waals surface area contributed by atoms with Gasteiger partial charge < -0.3 is 9.64 Å². The number of rotatable bonds is 2. The van der Waals surface area contributed by atoms with E-state index in [2.05, 4.69) is 9.97 Å². The van der Waals surface area contributed by atoms with E-state index < -0.39 is 34.1 Å². The number of hydrogen-bond donors (Lipinski definition) is 0. The number of alkyl halides is 3. The summed E-state index contributed by atoms with van der Waals surface area (Å²) >= 11 is 7.61. The Morgan fingerprint density at radius 3 is 2.39 bits per heavy atom. The topological polar surface area (TPSA) is 80.6 Å². The molecule has 0 unspecified atom stereocenters. The Balaban J connectivity index is 1.63. The van der Waals surface area contributed by atoms with Crippen LogP contribution in [-0.2, 0) is 17.5 Å². The molecular formula is C28H31ClF3N5O3S.